The van der Waals surface area contributed by atoms with E-state index in [0.29, 0.717) is 42.3 Å². The van der Waals surface area contributed by atoms with Crippen molar-refractivity contribution in [2.45, 2.75) is 50.7 Å². The number of unbranched alkanes of at least 4 members (excludes halogenated alkanes) is 2. The van der Waals surface area contributed by atoms with Crippen LogP contribution in [0.3, 0.4) is 0 Å². The van der Waals surface area contributed by atoms with Crippen LogP contribution in [-0.4, -0.2) is 50.6 Å². The average Bonchev–Trinajstić information content (AvgIpc) is 3.84. The molecular weight excluding hydrogens is 472 g/mol. The first kappa shape index (κ1) is 25.2. The average molecular weight is 505 g/mol. The quantitative estimate of drug-likeness (QED) is 0.120. The highest BCUT2D eigenvalue weighted by Crippen LogP contribution is 2.24. The summed E-state index contributed by atoms with van der Waals surface area (Å²) >= 11 is 0. The van der Waals surface area contributed by atoms with Gasteiger partial charge < -0.3 is 23.7 Å². The van der Waals surface area contributed by atoms with Crippen molar-refractivity contribution in [1.82, 2.24) is 0 Å². The zero-order chi connectivity index (χ0) is 25.5. The van der Waals surface area contributed by atoms with Crippen molar-refractivity contribution in [3.05, 3.63) is 71.8 Å². The highest BCUT2D eigenvalue weighted by atomic mass is 16.6. The summed E-state index contributed by atoms with van der Waals surface area (Å²) in [5, 5.41) is 1.73. The van der Waals surface area contributed by atoms with Crippen LogP contribution in [-0.2, 0) is 14.2 Å². The summed E-state index contributed by atoms with van der Waals surface area (Å²) in [6.45, 7) is 2.80. The Balaban J connectivity index is 1.09. The van der Waals surface area contributed by atoms with E-state index in [1.807, 2.05) is 12.1 Å². The highest BCUT2D eigenvalue weighted by Gasteiger charge is 2.21. The van der Waals surface area contributed by atoms with E-state index in [2.05, 4.69) is 0 Å². The van der Waals surface area contributed by atoms with Crippen molar-refractivity contribution in [3.63, 3.8) is 0 Å². The van der Waals surface area contributed by atoms with E-state index in [9.17, 15) is 9.59 Å². The van der Waals surface area contributed by atoms with E-state index in [0.717, 1.165) is 68.3 Å². The molecule has 7 nitrogen and oxygen atoms in total. The highest BCUT2D eigenvalue weighted by molar-refractivity contribution is 5.96. The molecule has 2 heterocycles. The predicted octanol–water partition coefficient (Wildman–Crippen LogP) is 5.73. The van der Waals surface area contributed by atoms with Gasteiger partial charge in [0, 0.05) is 0 Å². The number of carbonyl (C=O) groups excluding carboxylic acids is 2. The van der Waals surface area contributed by atoms with Crippen LogP contribution < -0.4 is 9.47 Å². The molecule has 3 aromatic carbocycles. The van der Waals surface area contributed by atoms with Crippen molar-refractivity contribution in [2.24, 2.45) is 0 Å². The standard InChI is InChI=1S/C30H32O7/c31-29(34-16-4-2-6-28-20-36-28)24-8-7-23-18-26(14-11-22(23)17-24)37-30(32)21-9-12-25(13-10-21)33-15-3-1-5-27-19-35-27/h7-14,17-18,27-28H,1-6,15-16,19-20H2. The number of hydrogen-bond acceptors (Lipinski definition) is 7. The van der Waals surface area contributed by atoms with Gasteiger partial charge in [-0.2, -0.15) is 0 Å². The van der Waals surface area contributed by atoms with Crippen LogP contribution in [0.25, 0.3) is 10.8 Å². The van der Waals surface area contributed by atoms with E-state index >= 15 is 0 Å². The van der Waals surface area contributed by atoms with Crippen LogP contribution in [0.15, 0.2) is 60.7 Å². The second kappa shape index (κ2) is 12.2. The molecule has 2 atom stereocenters. The van der Waals surface area contributed by atoms with E-state index < -0.39 is 5.97 Å². The minimum atomic E-state index is -0.441. The lowest BCUT2D eigenvalue weighted by Gasteiger charge is -2.09. The third kappa shape index (κ3) is 7.78. The lowest BCUT2D eigenvalue weighted by Crippen LogP contribution is -2.08. The molecule has 2 saturated heterocycles. The molecule has 0 radical (unpaired) electrons. The van der Waals surface area contributed by atoms with Crippen LogP contribution in [0.2, 0.25) is 0 Å². The number of rotatable bonds is 14. The van der Waals surface area contributed by atoms with Crippen molar-refractivity contribution < 1.29 is 33.3 Å². The first-order valence-corrected chi connectivity index (χ1v) is 13.0. The van der Waals surface area contributed by atoms with Gasteiger partial charge in [0.1, 0.15) is 11.5 Å². The smallest absolute Gasteiger partial charge is 0.343 e. The van der Waals surface area contributed by atoms with Gasteiger partial charge in [0.05, 0.1) is 49.8 Å². The Hall–Kier alpha value is -3.42. The summed E-state index contributed by atoms with van der Waals surface area (Å²) in [5.41, 5.74) is 0.947. The number of fused-ring (bicyclic) bond motifs is 1. The SMILES string of the molecule is O=C(OCCCCC1CO1)c1ccc2cc(OC(=O)c3ccc(OCCCCC4CO4)cc3)ccc2c1. The van der Waals surface area contributed by atoms with Crippen LogP contribution in [0.5, 0.6) is 11.5 Å². The summed E-state index contributed by atoms with van der Waals surface area (Å²) in [7, 11) is 0. The maximum atomic E-state index is 12.6. The van der Waals surface area contributed by atoms with E-state index in [-0.39, 0.29) is 5.97 Å². The number of esters is 2. The molecule has 194 valence electrons. The summed E-state index contributed by atoms with van der Waals surface area (Å²) in [6, 6.07) is 17.7. The Morgan fingerprint density at radius 1 is 0.676 bits per heavy atom. The molecule has 2 aliphatic rings. The number of hydrogen-bond donors (Lipinski definition) is 0. The summed E-state index contributed by atoms with van der Waals surface area (Å²) in [4.78, 5) is 25.0. The van der Waals surface area contributed by atoms with Gasteiger partial charge >= 0.3 is 11.9 Å². The van der Waals surface area contributed by atoms with Crippen LogP contribution in [0, 0.1) is 0 Å². The monoisotopic (exact) mass is 504 g/mol. The minimum Gasteiger partial charge on any atom is -0.494 e. The third-order valence-electron chi connectivity index (χ3n) is 6.50. The summed E-state index contributed by atoms with van der Waals surface area (Å²) in [5.74, 6) is 0.392. The third-order valence-corrected chi connectivity index (χ3v) is 6.50. The van der Waals surface area contributed by atoms with E-state index in [4.69, 9.17) is 23.7 Å². The molecule has 2 unspecified atom stereocenters. The first-order valence-electron chi connectivity index (χ1n) is 13.0. The van der Waals surface area contributed by atoms with Crippen LogP contribution in [0.1, 0.15) is 59.2 Å². The Labute approximate surface area is 216 Å². The van der Waals surface area contributed by atoms with Crippen LogP contribution >= 0.6 is 0 Å². The number of ether oxygens (including phenoxy) is 5. The Morgan fingerprint density at radius 2 is 1.27 bits per heavy atom. The van der Waals surface area contributed by atoms with Crippen molar-refractivity contribution in [1.29, 1.82) is 0 Å². The maximum absolute atomic E-state index is 12.6. The normalized spacial score (nSPS) is 17.8. The molecule has 0 bridgehead atoms. The van der Waals surface area contributed by atoms with Gasteiger partial charge in [-0.15, -0.1) is 0 Å². The van der Waals surface area contributed by atoms with Gasteiger partial charge in [-0.1, -0.05) is 12.1 Å². The van der Waals surface area contributed by atoms with Gasteiger partial charge in [-0.25, -0.2) is 9.59 Å². The second-order valence-electron chi connectivity index (χ2n) is 9.52. The molecule has 5 rings (SSSR count). The van der Waals surface area contributed by atoms with Gasteiger partial charge in [0.25, 0.3) is 0 Å². The topological polar surface area (TPSA) is 86.9 Å². The fraction of sp³-hybridized carbons (Fsp3) is 0.400. The molecule has 3 aromatic rings. The van der Waals surface area contributed by atoms with Crippen molar-refractivity contribution in [3.8, 4) is 11.5 Å². The Kier molecular flexibility index (Phi) is 8.33. The second-order valence-corrected chi connectivity index (χ2v) is 9.52. The molecule has 7 heteroatoms. The van der Waals surface area contributed by atoms with Crippen LogP contribution in [0.4, 0.5) is 0 Å². The van der Waals surface area contributed by atoms with E-state index in [1.165, 1.54) is 0 Å². The molecule has 37 heavy (non-hydrogen) atoms. The van der Waals surface area contributed by atoms with Gasteiger partial charge in [0.15, 0.2) is 0 Å². The molecule has 0 aliphatic carbocycles. The van der Waals surface area contributed by atoms with Gasteiger partial charge in [-0.05, 0) is 97.8 Å². The zero-order valence-electron chi connectivity index (χ0n) is 20.9. The van der Waals surface area contributed by atoms with E-state index in [1.54, 1.807) is 48.5 Å². The fourth-order valence-corrected chi connectivity index (χ4v) is 4.12. The molecule has 0 spiro atoms. The lowest BCUT2D eigenvalue weighted by atomic mass is 10.1. The summed E-state index contributed by atoms with van der Waals surface area (Å²) < 4.78 is 27.1. The van der Waals surface area contributed by atoms with Crippen molar-refractivity contribution >= 4 is 22.7 Å². The largest absolute Gasteiger partial charge is 0.494 e. The summed E-state index contributed by atoms with van der Waals surface area (Å²) in [6.07, 6.45) is 6.87. The molecule has 0 aromatic heterocycles. The fourth-order valence-electron chi connectivity index (χ4n) is 4.12. The molecule has 2 aliphatic heterocycles. The molecule has 0 amide bonds. The molecule has 0 N–H and O–H groups in total. The molecular formula is C30H32O7. The van der Waals surface area contributed by atoms with Crippen molar-refractivity contribution in [2.75, 3.05) is 26.4 Å². The Morgan fingerprint density at radius 3 is 1.97 bits per heavy atom. The number of carbonyl (C=O) groups is 2. The van der Waals surface area contributed by atoms with Gasteiger partial charge in [-0.3, -0.25) is 0 Å². The zero-order valence-corrected chi connectivity index (χ0v) is 20.9. The Bertz CT molecular complexity index is 1210. The maximum Gasteiger partial charge on any atom is 0.343 e. The van der Waals surface area contributed by atoms with Gasteiger partial charge in [0.2, 0.25) is 0 Å². The number of benzene rings is 3. The minimum absolute atomic E-state index is 0.333. The predicted molar refractivity (Wildman–Crippen MR) is 138 cm³/mol. The number of epoxide rings is 2. The lowest BCUT2D eigenvalue weighted by molar-refractivity contribution is 0.0497. The first-order chi connectivity index (χ1) is 18.1. The molecule has 0 saturated carbocycles. The molecule has 2 fully saturated rings.